The number of Topliss-reactive ketones (excluding diaryl/α,β-unsaturated/α-hetero) is 1. The van der Waals surface area contributed by atoms with Crippen molar-refractivity contribution in [1.82, 2.24) is 0 Å². The van der Waals surface area contributed by atoms with Crippen LogP contribution in [0.1, 0.15) is 6.42 Å². The SMILES string of the molecule is O=C1C2C=CC=CC2=C2OCCC12. The molecule has 2 unspecified atom stereocenters. The van der Waals surface area contributed by atoms with Crippen LogP contribution in [0, 0.1) is 11.8 Å². The minimum atomic E-state index is -0.00898. The third kappa shape index (κ3) is 0.804. The van der Waals surface area contributed by atoms with Crippen LogP contribution in [0.4, 0.5) is 0 Å². The predicted octanol–water partition coefficient (Wildman–Crippen LogP) is 1.60. The molecule has 0 aromatic carbocycles. The van der Waals surface area contributed by atoms with Crippen molar-refractivity contribution in [1.29, 1.82) is 0 Å². The van der Waals surface area contributed by atoms with Gasteiger partial charge in [-0.3, -0.25) is 4.79 Å². The van der Waals surface area contributed by atoms with Crippen LogP contribution in [0.15, 0.2) is 35.6 Å². The molecule has 66 valence electrons. The summed E-state index contributed by atoms with van der Waals surface area (Å²) in [6, 6.07) is 0. The van der Waals surface area contributed by atoms with Gasteiger partial charge < -0.3 is 4.74 Å². The van der Waals surface area contributed by atoms with Crippen molar-refractivity contribution in [2.75, 3.05) is 6.61 Å². The van der Waals surface area contributed by atoms with E-state index in [4.69, 9.17) is 4.74 Å². The Hall–Kier alpha value is -1.31. The molecular weight excluding hydrogens is 164 g/mol. The van der Waals surface area contributed by atoms with Gasteiger partial charge >= 0.3 is 0 Å². The molecule has 1 heterocycles. The number of carbonyl (C=O) groups is 1. The summed E-state index contributed by atoms with van der Waals surface area (Å²) in [5.41, 5.74) is 1.09. The van der Waals surface area contributed by atoms with E-state index in [-0.39, 0.29) is 11.8 Å². The number of ketones is 1. The molecule has 2 aliphatic carbocycles. The van der Waals surface area contributed by atoms with Crippen LogP contribution in [0.25, 0.3) is 0 Å². The molecule has 0 saturated carbocycles. The molecular formula is C11H10O2. The predicted molar refractivity (Wildman–Crippen MR) is 47.9 cm³/mol. The molecule has 1 saturated heterocycles. The van der Waals surface area contributed by atoms with Gasteiger partial charge in [-0.15, -0.1) is 0 Å². The van der Waals surface area contributed by atoms with Gasteiger partial charge in [-0.1, -0.05) is 24.3 Å². The number of hydrogen-bond acceptors (Lipinski definition) is 2. The molecule has 2 nitrogen and oxygen atoms in total. The van der Waals surface area contributed by atoms with E-state index in [0.717, 1.165) is 17.8 Å². The van der Waals surface area contributed by atoms with E-state index >= 15 is 0 Å². The van der Waals surface area contributed by atoms with Gasteiger partial charge in [0.1, 0.15) is 5.76 Å². The Morgan fingerprint density at radius 1 is 1.38 bits per heavy atom. The summed E-state index contributed by atoms with van der Waals surface area (Å²) in [6.07, 6.45) is 8.75. The van der Waals surface area contributed by atoms with Gasteiger partial charge in [0.15, 0.2) is 5.78 Å². The summed E-state index contributed by atoms with van der Waals surface area (Å²) in [6.45, 7) is 0.708. The molecule has 0 bridgehead atoms. The second-order valence-electron chi connectivity index (χ2n) is 3.63. The molecule has 0 radical (unpaired) electrons. The molecule has 3 aliphatic rings. The maximum absolute atomic E-state index is 11.8. The average molecular weight is 174 g/mol. The molecule has 0 amide bonds. The second kappa shape index (κ2) is 2.34. The van der Waals surface area contributed by atoms with Crippen molar-refractivity contribution in [2.24, 2.45) is 11.8 Å². The van der Waals surface area contributed by atoms with Crippen molar-refractivity contribution in [2.45, 2.75) is 6.42 Å². The normalized spacial score (nSPS) is 34.9. The molecule has 2 heteroatoms. The van der Waals surface area contributed by atoms with Crippen LogP contribution in [0.3, 0.4) is 0 Å². The molecule has 0 aromatic rings. The van der Waals surface area contributed by atoms with Crippen molar-refractivity contribution >= 4 is 5.78 Å². The van der Waals surface area contributed by atoms with Gasteiger partial charge in [-0.2, -0.15) is 0 Å². The van der Waals surface area contributed by atoms with Crippen LogP contribution in [-0.2, 0) is 9.53 Å². The minimum absolute atomic E-state index is 0.00898. The van der Waals surface area contributed by atoms with Gasteiger partial charge in [0.25, 0.3) is 0 Å². The highest BCUT2D eigenvalue weighted by Gasteiger charge is 2.43. The average Bonchev–Trinajstić information content (AvgIpc) is 2.72. The number of rotatable bonds is 0. The first-order chi connectivity index (χ1) is 6.38. The minimum Gasteiger partial charge on any atom is -0.497 e. The largest absolute Gasteiger partial charge is 0.497 e. The Balaban J connectivity index is 2.14. The first-order valence-electron chi connectivity index (χ1n) is 4.63. The van der Waals surface area contributed by atoms with E-state index in [9.17, 15) is 4.79 Å². The van der Waals surface area contributed by atoms with Gasteiger partial charge in [0, 0.05) is 5.57 Å². The zero-order chi connectivity index (χ0) is 8.84. The van der Waals surface area contributed by atoms with Crippen molar-refractivity contribution < 1.29 is 9.53 Å². The van der Waals surface area contributed by atoms with Gasteiger partial charge in [0.05, 0.1) is 18.4 Å². The standard InChI is InChI=1S/C11H10O2/c12-10-7-3-1-2-4-8(7)11-9(10)5-6-13-11/h1-4,7,9H,5-6H2. The quantitative estimate of drug-likeness (QED) is 0.557. The zero-order valence-corrected chi connectivity index (χ0v) is 7.19. The lowest BCUT2D eigenvalue weighted by Crippen LogP contribution is -2.15. The summed E-state index contributed by atoms with van der Waals surface area (Å²) in [7, 11) is 0. The van der Waals surface area contributed by atoms with Crippen molar-refractivity contribution in [3.05, 3.63) is 35.6 Å². The Morgan fingerprint density at radius 3 is 3.23 bits per heavy atom. The summed E-state index contributed by atoms with van der Waals surface area (Å²) >= 11 is 0. The second-order valence-corrected chi connectivity index (χ2v) is 3.63. The molecule has 1 fully saturated rings. The number of ether oxygens (including phenoxy) is 1. The number of hydrogen-bond donors (Lipinski definition) is 0. The van der Waals surface area contributed by atoms with Gasteiger partial charge in [0.2, 0.25) is 0 Å². The summed E-state index contributed by atoms with van der Waals surface area (Å²) in [5.74, 6) is 1.32. The van der Waals surface area contributed by atoms with Gasteiger partial charge in [-0.05, 0) is 6.42 Å². The number of allylic oxidation sites excluding steroid dienone is 6. The van der Waals surface area contributed by atoms with Crippen LogP contribution in [0.2, 0.25) is 0 Å². The molecule has 2 atom stereocenters. The first-order valence-corrected chi connectivity index (χ1v) is 4.63. The van der Waals surface area contributed by atoms with E-state index in [1.807, 2.05) is 24.3 Å². The molecule has 13 heavy (non-hydrogen) atoms. The van der Waals surface area contributed by atoms with Crippen LogP contribution >= 0.6 is 0 Å². The van der Waals surface area contributed by atoms with Crippen molar-refractivity contribution in [3.8, 4) is 0 Å². The Bertz CT molecular complexity index is 360. The van der Waals surface area contributed by atoms with E-state index in [2.05, 4.69) is 0 Å². The lowest BCUT2D eigenvalue weighted by molar-refractivity contribution is -0.122. The van der Waals surface area contributed by atoms with Gasteiger partial charge in [-0.25, -0.2) is 0 Å². The molecule has 1 aliphatic heterocycles. The van der Waals surface area contributed by atoms with E-state index in [1.54, 1.807) is 0 Å². The highest BCUT2D eigenvalue weighted by molar-refractivity contribution is 5.94. The maximum Gasteiger partial charge on any atom is 0.154 e. The lowest BCUT2D eigenvalue weighted by atomic mass is 9.94. The first kappa shape index (κ1) is 7.13. The summed E-state index contributed by atoms with van der Waals surface area (Å²) < 4.78 is 5.49. The van der Waals surface area contributed by atoms with E-state index < -0.39 is 0 Å². The highest BCUT2D eigenvalue weighted by atomic mass is 16.5. The molecule has 0 spiro atoms. The smallest absolute Gasteiger partial charge is 0.154 e. The lowest BCUT2D eigenvalue weighted by Gasteiger charge is -2.09. The molecule has 0 N–H and O–H groups in total. The Labute approximate surface area is 76.6 Å². The molecule has 0 aromatic heterocycles. The third-order valence-corrected chi connectivity index (χ3v) is 2.94. The fourth-order valence-electron chi connectivity index (χ4n) is 2.32. The maximum atomic E-state index is 11.8. The third-order valence-electron chi connectivity index (χ3n) is 2.94. The van der Waals surface area contributed by atoms with Crippen LogP contribution in [-0.4, -0.2) is 12.4 Å². The fourth-order valence-corrected chi connectivity index (χ4v) is 2.32. The molecule has 3 rings (SSSR count). The van der Waals surface area contributed by atoms with Crippen molar-refractivity contribution in [3.63, 3.8) is 0 Å². The zero-order valence-electron chi connectivity index (χ0n) is 7.19. The number of fused-ring (bicyclic) bond motifs is 2. The monoisotopic (exact) mass is 174 g/mol. The summed E-state index contributed by atoms with van der Waals surface area (Å²) in [5, 5.41) is 0. The van der Waals surface area contributed by atoms with E-state index in [0.29, 0.717) is 12.4 Å². The topological polar surface area (TPSA) is 26.3 Å². The van der Waals surface area contributed by atoms with Crippen LogP contribution < -0.4 is 0 Å². The van der Waals surface area contributed by atoms with Crippen LogP contribution in [0.5, 0.6) is 0 Å². The Morgan fingerprint density at radius 2 is 2.31 bits per heavy atom. The Kier molecular flexibility index (Phi) is 1.29. The summed E-state index contributed by atoms with van der Waals surface area (Å²) in [4.78, 5) is 11.8. The number of carbonyl (C=O) groups excluding carboxylic acids is 1. The fraction of sp³-hybridized carbons (Fsp3) is 0.364. The van der Waals surface area contributed by atoms with E-state index in [1.165, 1.54) is 0 Å². The highest BCUT2D eigenvalue weighted by Crippen LogP contribution is 2.42.